The summed E-state index contributed by atoms with van der Waals surface area (Å²) in [5, 5.41) is 2.51. The molecular formula is C20H23F2N5O2. The highest BCUT2D eigenvalue weighted by atomic mass is 19.1. The van der Waals surface area contributed by atoms with Crippen molar-refractivity contribution in [2.45, 2.75) is 19.9 Å². The molecule has 2 aromatic rings. The van der Waals surface area contributed by atoms with Crippen LogP contribution in [0, 0.1) is 17.6 Å². The number of anilines is 1. The van der Waals surface area contributed by atoms with Crippen molar-refractivity contribution in [1.29, 1.82) is 0 Å². The number of carbonyl (C=O) groups is 2. The van der Waals surface area contributed by atoms with E-state index < -0.39 is 29.1 Å². The van der Waals surface area contributed by atoms with Crippen LogP contribution in [-0.4, -0.2) is 58.9 Å². The van der Waals surface area contributed by atoms with E-state index in [9.17, 15) is 18.4 Å². The molecule has 1 aliphatic heterocycles. The first kappa shape index (κ1) is 20.6. The molecule has 0 aliphatic carbocycles. The fraction of sp³-hybridized carbons (Fsp3) is 0.400. The molecule has 1 atom stereocenters. The zero-order valence-corrected chi connectivity index (χ0v) is 16.3. The third-order valence-electron chi connectivity index (χ3n) is 4.84. The molecule has 1 aliphatic rings. The van der Waals surface area contributed by atoms with E-state index >= 15 is 0 Å². The van der Waals surface area contributed by atoms with E-state index in [4.69, 9.17) is 0 Å². The lowest BCUT2D eigenvalue weighted by Gasteiger charge is -2.37. The maximum Gasteiger partial charge on any atom is 0.257 e. The van der Waals surface area contributed by atoms with Crippen molar-refractivity contribution in [3.63, 3.8) is 0 Å². The Morgan fingerprint density at radius 2 is 1.59 bits per heavy atom. The Kier molecular flexibility index (Phi) is 6.36. The summed E-state index contributed by atoms with van der Waals surface area (Å²) in [5.74, 6) is -2.80. The van der Waals surface area contributed by atoms with Gasteiger partial charge in [0.2, 0.25) is 11.9 Å². The highest BCUT2D eigenvalue weighted by Crippen LogP contribution is 2.16. The van der Waals surface area contributed by atoms with Gasteiger partial charge in [-0.3, -0.25) is 9.59 Å². The second-order valence-electron chi connectivity index (χ2n) is 7.15. The quantitative estimate of drug-likeness (QED) is 0.825. The molecule has 0 radical (unpaired) electrons. The van der Waals surface area contributed by atoms with Gasteiger partial charge in [0, 0.05) is 38.6 Å². The Morgan fingerprint density at radius 1 is 1.00 bits per heavy atom. The number of rotatable bonds is 5. The topological polar surface area (TPSA) is 78.4 Å². The van der Waals surface area contributed by atoms with Gasteiger partial charge in [0.05, 0.1) is 0 Å². The summed E-state index contributed by atoms with van der Waals surface area (Å²) in [4.78, 5) is 37.5. The van der Waals surface area contributed by atoms with E-state index in [1.165, 1.54) is 6.07 Å². The van der Waals surface area contributed by atoms with E-state index in [1.54, 1.807) is 37.2 Å². The molecule has 9 heteroatoms. The average molecular weight is 403 g/mol. The lowest BCUT2D eigenvalue weighted by Crippen LogP contribution is -2.56. The molecule has 29 heavy (non-hydrogen) atoms. The van der Waals surface area contributed by atoms with Gasteiger partial charge in [-0.05, 0) is 24.1 Å². The predicted molar refractivity (Wildman–Crippen MR) is 103 cm³/mol. The molecule has 1 aromatic carbocycles. The number of piperazine rings is 1. The Hall–Kier alpha value is -3.10. The molecule has 3 rings (SSSR count). The van der Waals surface area contributed by atoms with Crippen LogP contribution in [0.4, 0.5) is 14.7 Å². The van der Waals surface area contributed by atoms with Crippen LogP contribution in [0.5, 0.6) is 0 Å². The molecule has 2 heterocycles. The molecule has 7 nitrogen and oxygen atoms in total. The first-order chi connectivity index (χ1) is 13.9. The maximum atomic E-state index is 13.9. The summed E-state index contributed by atoms with van der Waals surface area (Å²) in [6.45, 7) is 5.52. The van der Waals surface area contributed by atoms with E-state index in [2.05, 4.69) is 15.3 Å². The standard InChI is InChI=1S/C20H23F2N5O2/c1-13(2)17(25-18(28)16-14(21)5-3-6-15(16)22)19(29)26-9-11-27(12-10-26)20-23-7-4-8-24-20/h3-8,13,17H,9-12H2,1-2H3,(H,25,28)/t17-/m1/s1. The Labute approximate surface area is 167 Å². The summed E-state index contributed by atoms with van der Waals surface area (Å²) in [6.07, 6.45) is 3.32. The molecule has 1 saturated heterocycles. The van der Waals surface area contributed by atoms with Crippen LogP contribution in [0.2, 0.25) is 0 Å². The van der Waals surface area contributed by atoms with Crippen LogP contribution < -0.4 is 10.2 Å². The molecule has 1 N–H and O–H groups in total. The number of nitrogens with zero attached hydrogens (tertiary/aromatic N) is 4. The highest BCUT2D eigenvalue weighted by molar-refractivity contribution is 5.98. The fourth-order valence-corrected chi connectivity index (χ4v) is 3.22. The Morgan fingerprint density at radius 3 is 2.14 bits per heavy atom. The minimum absolute atomic E-state index is 0.253. The first-order valence-corrected chi connectivity index (χ1v) is 9.44. The van der Waals surface area contributed by atoms with Crippen LogP contribution in [-0.2, 0) is 4.79 Å². The predicted octanol–water partition coefficient (Wildman–Crippen LogP) is 1.86. The molecule has 0 saturated carbocycles. The largest absolute Gasteiger partial charge is 0.340 e. The smallest absolute Gasteiger partial charge is 0.257 e. The number of carbonyl (C=O) groups excluding carboxylic acids is 2. The van der Waals surface area contributed by atoms with E-state index in [-0.39, 0.29) is 11.8 Å². The third-order valence-corrected chi connectivity index (χ3v) is 4.84. The second-order valence-corrected chi connectivity index (χ2v) is 7.15. The van der Waals surface area contributed by atoms with Gasteiger partial charge in [-0.1, -0.05) is 19.9 Å². The van der Waals surface area contributed by atoms with Gasteiger partial charge in [-0.25, -0.2) is 18.7 Å². The van der Waals surface area contributed by atoms with E-state index in [1.807, 2.05) is 4.90 Å². The van der Waals surface area contributed by atoms with Gasteiger partial charge >= 0.3 is 0 Å². The van der Waals surface area contributed by atoms with Crippen LogP contribution in [0.1, 0.15) is 24.2 Å². The van der Waals surface area contributed by atoms with Crippen LogP contribution in [0.15, 0.2) is 36.7 Å². The average Bonchev–Trinajstić information content (AvgIpc) is 2.72. The number of halogens is 2. The molecule has 154 valence electrons. The van der Waals surface area contributed by atoms with Gasteiger partial charge in [-0.2, -0.15) is 0 Å². The SMILES string of the molecule is CC(C)[C@@H](NC(=O)c1c(F)cccc1F)C(=O)N1CCN(c2ncccn2)CC1. The fourth-order valence-electron chi connectivity index (χ4n) is 3.22. The molecule has 2 amide bonds. The zero-order valence-electron chi connectivity index (χ0n) is 16.3. The zero-order chi connectivity index (χ0) is 21.0. The van der Waals surface area contributed by atoms with Gasteiger partial charge in [-0.15, -0.1) is 0 Å². The van der Waals surface area contributed by atoms with Crippen LogP contribution in [0.3, 0.4) is 0 Å². The number of aromatic nitrogens is 2. The summed E-state index contributed by atoms with van der Waals surface area (Å²) in [7, 11) is 0. The van der Waals surface area contributed by atoms with E-state index in [0.717, 1.165) is 12.1 Å². The summed E-state index contributed by atoms with van der Waals surface area (Å²) in [6, 6.07) is 4.05. The number of nitrogens with one attached hydrogen (secondary N) is 1. The van der Waals surface area contributed by atoms with Crippen molar-refractivity contribution < 1.29 is 18.4 Å². The number of amides is 2. The minimum Gasteiger partial charge on any atom is -0.340 e. The van der Waals surface area contributed by atoms with E-state index in [0.29, 0.717) is 32.1 Å². The summed E-state index contributed by atoms with van der Waals surface area (Å²) in [5.41, 5.74) is -0.683. The van der Waals surface area contributed by atoms with Crippen molar-refractivity contribution in [1.82, 2.24) is 20.2 Å². The number of hydrogen-bond acceptors (Lipinski definition) is 5. The maximum absolute atomic E-state index is 13.9. The molecular weight excluding hydrogens is 380 g/mol. The van der Waals surface area contributed by atoms with Gasteiger partial charge in [0.25, 0.3) is 5.91 Å². The van der Waals surface area contributed by atoms with Crippen molar-refractivity contribution in [2.24, 2.45) is 5.92 Å². The molecule has 0 spiro atoms. The summed E-state index contributed by atoms with van der Waals surface area (Å²) >= 11 is 0. The van der Waals surface area contributed by atoms with Crippen molar-refractivity contribution >= 4 is 17.8 Å². The number of hydrogen-bond donors (Lipinski definition) is 1. The lowest BCUT2D eigenvalue weighted by atomic mass is 10.0. The van der Waals surface area contributed by atoms with Gasteiger partial charge in [0.15, 0.2) is 0 Å². The summed E-state index contributed by atoms with van der Waals surface area (Å²) < 4.78 is 27.8. The Balaban J connectivity index is 1.67. The molecule has 1 aromatic heterocycles. The number of benzene rings is 1. The Bertz CT molecular complexity index is 850. The van der Waals surface area contributed by atoms with Crippen molar-refractivity contribution in [2.75, 3.05) is 31.1 Å². The van der Waals surface area contributed by atoms with Crippen molar-refractivity contribution in [3.8, 4) is 0 Å². The normalized spacial score (nSPS) is 15.3. The van der Waals surface area contributed by atoms with Crippen molar-refractivity contribution in [3.05, 3.63) is 53.9 Å². The molecule has 0 bridgehead atoms. The van der Waals surface area contributed by atoms with Crippen LogP contribution >= 0.6 is 0 Å². The molecule has 0 unspecified atom stereocenters. The lowest BCUT2D eigenvalue weighted by molar-refractivity contribution is -0.134. The second kappa shape index (κ2) is 8.93. The van der Waals surface area contributed by atoms with Crippen LogP contribution in [0.25, 0.3) is 0 Å². The monoisotopic (exact) mass is 403 g/mol. The first-order valence-electron chi connectivity index (χ1n) is 9.44. The highest BCUT2D eigenvalue weighted by Gasteiger charge is 2.32. The van der Waals surface area contributed by atoms with Gasteiger partial charge < -0.3 is 15.1 Å². The third kappa shape index (κ3) is 4.67. The van der Waals surface area contributed by atoms with Gasteiger partial charge in [0.1, 0.15) is 23.2 Å². The minimum atomic E-state index is -0.964. The molecule has 1 fully saturated rings.